The number of carbonyl (C=O) groups is 1. The molecule has 0 aromatic heterocycles. The highest BCUT2D eigenvalue weighted by Gasteiger charge is 2.05. The predicted molar refractivity (Wildman–Crippen MR) is 32.7 cm³/mol. The van der Waals surface area contributed by atoms with Crippen LogP contribution in [0.2, 0.25) is 0 Å². The zero-order valence-electron chi connectivity index (χ0n) is 3.60. The van der Waals surface area contributed by atoms with Crippen molar-refractivity contribution in [3.05, 3.63) is 0 Å². The van der Waals surface area contributed by atoms with Crippen molar-refractivity contribution in [3.63, 3.8) is 0 Å². The number of hydrogen-bond acceptors (Lipinski definition) is 3. The maximum Gasteiger partial charge on any atom is 0.239 e. The lowest BCUT2D eigenvalue weighted by Crippen LogP contribution is -2.28. The van der Waals surface area contributed by atoms with E-state index in [1.165, 1.54) is 0 Å². The highest BCUT2D eigenvalue weighted by Crippen LogP contribution is 1.88. The quantitative estimate of drug-likeness (QED) is 0.418. The van der Waals surface area contributed by atoms with E-state index in [4.69, 9.17) is 17.3 Å². The van der Waals surface area contributed by atoms with Gasteiger partial charge in [-0.15, -0.1) is 0 Å². The summed E-state index contributed by atoms with van der Waals surface area (Å²) >= 11 is 8.64. The Bertz CT molecular complexity index is 77.3. The van der Waals surface area contributed by atoms with Crippen molar-refractivity contribution in [2.75, 3.05) is 5.75 Å². The molecule has 0 amide bonds. The molecule has 0 spiro atoms. The molecule has 0 fully saturated rings. The second-order valence-corrected chi connectivity index (χ2v) is 1.83. The van der Waals surface area contributed by atoms with Crippen LogP contribution in [-0.2, 0) is 4.79 Å². The number of nitrogens with two attached hydrogens (primary N) is 1. The molecule has 0 heterocycles. The molecule has 4 heteroatoms. The third kappa shape index (κ3) is 2.91. The fourth-order valence-corrected chi connectivity index (χ4v) is 0.422. The smallest absolute Gasteiger partial charge is 0.239 e. The lowest BCUT2D eigenvalue weighted by molar-refractivity contribution is -0.112. The zero-order chi connectivity index (χ0) is 5.86. The van der Waals surface area contributed by atoms with Crippen LogP contribution in [0.4, 0.5) is 0 Å². The van der Waals surface area contributed by atoms with Gasteiger partial charge in [-0.1, -0.05) is 0 Å². The molecule has 1 atom stereocenters. The number of carbonyl (C=O) groups excluding carboxylic acids is 1. The topological polar surface area (TPSA) is 43.1 Å². The molecule has 0 bridgehead atoms. The van der Waals surface area contributed by atoms with Gasteiger partial charge in [-0.05, 0) is 11.6 Å². The lowest BCUT2D eigenvalue weighted by Gasteiger charge is -1.96. The second-order valence-electron chi connectivity index (χ2n) is 1.09. The van der Waals surface area contributed by atoms with Gasteiger partial charge in [-0.25, -0.2) is 0 Å². The summed E-state index contributed by atoms with van der Waals surface area (Å²) in [5.74, 6) is 0.308. The maximum atomic E-state index is 9.97. The summed E-state index contributed by atoms with van der Waals surface area (Å²) in [6.45, 7) is 0. The molecule has 2 nitrogen and oxygen atoms in total. The van der Waals surface area contributed by atoms with E-state index in [-0.39, 0.29) is 0 Å². The van der Waals surface area contributed by atoms with E-state index in [0.29, 0.717) is 5.75 Å². The molecule has 0 radical (unpaired) electrons. The van der Waals surface area contributed by atoms with Gasteiger partial charge in [0.1, 0.15) is 0 Å². The second kappa shape index (κ2) is 3.29. The van der Waals surface area contributed by atoms with Crippen molar-refractivity contribution in [1.82, 2.24) is 0 Å². The summed E-state index contributed by atoms with van der Waals surface area (Å²) in [4.78, 5) is 9.97. The van der Waals surface area contributed by atoms with Crippen molar-refractivity contribution >= 4 is 29.5 Å². The Hall–Kier alpha value is 0.270. The van der Waals surface area contributed by atoms with Crippen LogP contribution in [0.15, 0.2) is 0 Å². The highest BCUT2D eigenvalue weighted by molar-refractivity contribution is 7.80. The fraction of sp³-hybridized carbons (Fsp3) is 0.667. The maximum absolute atomic E-state index is 9.97. The van der Waals surface area contributed by atoms with E-state index in [9.17, 15) is 4.79 Å². The summed E-state index contributed by atoms with van der Waals surface area (Å²) in [5.41, 5.74) is 5.06. The van der Waals surface area contributed by atoms with Gasteiger partial charge in [0.15, 0.2) is 0 Å². The van der Waals surface area contributed by atoms with Gasteiger partial charge in [0, 0.05) is 5.75 Å². The van der Waals surface area contributed by atoms with Crippen LogP contribution in [0, 0.1) is 0 Å². The first-order chi connectivity index (χ1) is 3.18. The van der Waals surface area contributed by atoms with Crippen LogP contribution in [0.5, 0.6) is 0 Å². The van der Waals surface area contributed by atoms with E-state index >= 15 is 0 Å². The highest BCUT2D eigenvalue weighted by atomic mass is 35.5. The summed E-state index contributed by atoms with van der Waals surface area (Å²) in [7, 11) is 0. The number of halogens is 1. The first-order valence-electron chi connectivity index (χ1n) is 1.74. The molecular weight excluding hydrogens is 134 g/mol. The van der Waals surface area contributed by atoms with Gasteiger partial charge >= 0.3 is 0 Å². The minimum Gasteiger partial charge on any atom is -0.320 e. The van der Waals surface area contributed by atoms with Gasteiger partial charge in [-0.3, -0.25) is 4.79 Å². The minimum atomic E-state index is -0.606. The number of hydrogen-bond donors (Lipinski definition) is 2. The van der Waals surface area contributed by atoms with Crippen LogP contribution in [0.25, 0.3) is 0 Å². The number of rotatable bonds is 2. The Morgan fingerprint density at radius 1 is 2.00 bits per heavy atom. The first kappa shape index (κ1) is 7.27. The largest absolute Gasteiger partial charge is 0.320 e. The van der Waals surface area contributed by atoms with Gasteiger partial charge in [0.25, 0.3) is 0 Å². The monoisotopic (exact) mass is 139 g/mol. The van der Waals surface area contributed by atoms with Crippen LogP contribution in [0.3, 0.4) is 0 Å². The van der Waals surface area contributed by atoms with Crippen LogP contribution >= 0.6 is 24.2 Å². The molecule has 0 aliphatic carbocycles. The lowest BCUT2D eigenvalue weighted by atomic mass is 10.4. The van der Waals surface area contributed by atoms with E-state index < -0.39 is 11.3 Å². The summed E-state index contributed by atoms with van der Waals surface area (Å²) < 4.78 is 0. The van der Waals surface area contributed by atoms with Crippen molar-refractivity contribution in [3.8, 4) is 0 Å². The van der Waals surface area contributed by atoms with Crippen LogP contribution < -0.4 is 5.73 Å². The Labute approximate surface area is 52.4 Å². The normalized spacial score (nSPS) is 13.6. The standard InChI is InChI=1S/C3H6ClNOS/c4-3(6)2(5)1-7/h2,7H,1,5H2. The third-order valence-corrected chi connectivity index (χ3v) is 1.16. The summed E-state index contributed by atoms with van der Waals surface area (Å²) in [6, 6.07) is -0.606. The molecule has 0 saturated heterocycles. The average molecular weight is 140 g/mol. The van der Waals surface area contributed by atoms with Crippen molar-refractivity contribution in [2.45, 2.75) is 6.04 Å². The van der Waals surface area contributed by atoms with Gasteiger partial charge in [0.05, 0.1) is 6.04 Å². The first-order valence-corrected chi connectivity index (χ1v) is 2.75. The van der Waals surface area contributed by atoms with Gasteiger partial charge in [0.2, 0.25) is 5.24 Å². The van der Waals surface area contributed by atoms with Gasteiger partial charge < -0.3 is 5.73 Å². The molecule has 0 saturated carbocycles. The summed E-state index contributed by atoms with van der Waals surface area (Å²) in [5, 5.41) is -0.532. The molecular formula is C3H6ClNOS. The fourth-order valence-electron chi connectivity index (χ4n) is 0.0718. The van der Waals surface area contributed by atoms with Crippen molar-refractivity contribution in [1.29, 1.82) is 0 Å². The Balaban J connectivity index is 3.34. The Kier molecular flexibility index (Phi) is 3.42. The Morgan fingerprint density at radius 3 is 2.43 bits per heavy atom. The van der Waals surface area contributed by atoms with E-state index in [2.05, 4.69) is 12.6 Å². The molecule has 2 N–H and O–H groups in total. The van der Waals surface area contributed by atoms with Crippen LogP contribution in [0.1, 0.15) is 0 Å². The molecule has 0 aromatic carbocycles. The SMILES string of the molecule is NC(CS)C(=O)Cl. The van der Waals surface area contributed by atoms with Crippen LogP contribution in [-0.4, -0.2) is 17.0 Å². The molecule has 7 heavy (non-hydrogen) atoms. The molecule has 0 aliphatic heterocycles. The predicted octanol–water partition coefficient (Wildman–Crippen LogP) is 0.00890. The van der Waals surface area contributed by atoms with E-state index in [1.807, 2.05) is 0 Å². The third-order valence-electron chi connectivity index (χ3n) is 0.488. The molecule has 0 rings (SSSR count). The number of thiol groups is 1. The van der Waals surface area contributed by atoms with E-state index in [0.717, 1.165) is 0 Å². The van der Waals surface area contributed by atoms with Gasteiger partial charge in [-0.2, -0.15) is 12.6 Å². The van der Waals surface area contributed by atoms with E-state index in [1.54, 1.807) is 0 Å². The Morgan fingerprint density at radius 2 is 2.43 bits per heavy atom. The van der Waals surface area contributed by atoms with Crippen molar-refractivity contribution < 1.29 is 4.79 Å². The molecule has 0 aromatic rings. The van der Waals surface area contributed by atoms with Crippen molar-refractivity contribution in [2.24, 2.45) is 5.73 Å². The molecule has 1 unspecified atom stereocenters. The molecule has 0 aliphatic rings. The zero-order valence-corrected chi connectivity index (χ0v) is 5.25. The summed E-state index contributed by atoms with van der Waals surface area (Å²) in [6.07, 6.45) is 0. The molecule has 42 valence electrons. The average Bonchev–Trinajstić information content (AvgIpc) is 1.65. The minimum absolute atomic E-state index is 0.308.